The summed E-state index contributed by atoms with van der Waals surface area (Å²) in [5.74, 6) is -0.704. The Morgan fingerprint density at radius 2 is 1.84 bits per heavy atom. The summed E-state index contributed by atoms with van der Waals surface area (Å²) in [7, 11) is 0. The third-order valence-electron chi connectivity index (χ3n) is 2.94. The Morgan fingerprint density at radius 3 is 2.58 bits per heavy atom. The highest BCUT2D eigenvalue weighted by atomic mass is 35.5. The summed E-state index contributed by atoms with van der Waals surface area (Å²) in [5.41, 5.74) is 1.27. The number of Topliss-reactive ketones (excluding diaryl/α,β-unsaturated/α-hetero) is 1. The van der Waals surface area contributed by atoms with E-state index in [9.17, 15) is 9.18 Å². The van der Waals surface area contributed by atoms with E-state index in [1.807, 2.05) is 30.3 Å². The van der Waals surface area contributed by atoms with Crippen LogP contribution in [0.1, 0.15) is 28.8 Å². The van der Waals surface area contributed by atoms with Gasteiger partial charge in [0.2, 0.25) is 0 Å². The molecule has 0 N–H and O–H groups in total. The second kappa shape index (κ2) is 6.48. The van der Waals surface area contributed by atoms with Crippen LogP contribution in [0.5, 0.6) is 0 Å². The Balaban J connectivity index is 1.93. The van der Waals surface area contributed by atoms with Crippen LogP contribution in [-0.4, -0.2) is 5.78 Å². The lowest BCUT2D eigenvalue weighted by molar-refractivity contribution is 0.0976. The molecule has 2 rings (SSSR count). The van der Waals surface area contributed by atoms with E-state index in [-0.39, 0.29) is 11.3 Å². The third kappa shape index (κ3) is 3.90. The predicted molar refractivity (Wildman–Crippen MR) is 75.1 cm³/mol. The molecule has 0 heterocycles. The molecular weight excluding hydrogens is 263 g/mol. The van der Waals surface area contributed by atoms with Crippen LogP contribution < -0.4 is 0 Å². The molecule has 3 heteroatoms. The molecule has 0 aliphatic carbocycles. The van der Waals surface area contributed by atoms with Crippen molar-refractivity contribution in [3.63, 3.8) is 0 Å². The highest BCUT2D eigenvalue weighted by Crippen LogP contribution is 2.17. The third-order valence-corrected chi connectivity index (χ3v) is 3.18. The molecule has 2 aromatic carbocycles. The van der Waals surface area contributed by atoms with Gasteiger partial charge in [0.25, 0.3) is 0 Å². The SMILES string of the molecule is O=C(CCCc1ccccc1)c1cc(Cl)ccc1F. The Morgan fingerprint density at radius 1 is 1.11 bits per heavy atom. The highest BCUT2D eigenvalue weighted by Gasteiger charge is 2.11. The van der Waals surface area contributed by atoms with Gasteiger partial charge in [-0.25, -0.2) is 4.39 Å². The van der Waals surface area contributed by atoms with Crippen molar-refractivity contribution in [3.8, 4) is 0 Å². The van der Waals surface area contributed by atoms with E-state index in [0.29, 0.717) is 17.9 Å². The molecule has 2 aromatic rings. The van der Waals surface area contributed by atoms with E-state index in [0.717, 1.165) is 6.42 Å². The molecule has 0 atom stereocenters. The molecule has 0 unspecified atom stereocenters. The number of ketones is 1. The zero-order chi connectivity index (χ0) is 13.7. The number of halogens is 2. The van der Waals surface area contributed by atoms with Crippen molar-refractivity contribution in [3.05, 3.63) is 70.5 Å². The lowest BCUT2D eigenvalue weighted by atomic mass is 10.0. The quantitative estimate of drug-likeness (QED) is 0.725. The fourth-order valence-electron chi connectivity index (χ4n) is 1.94. The lowest BCUT2D eigenvalue weighted by Gasteiger charge is -2.04. The number of carbonyl (C=O) groups excluding carboxylic acids is 1. The minimum Gasteiger partial charge on any atom is -0.294 e. The van der Waals surface area contributed by atoms with Crippen LogP contribution in [0.15, 0.2) is 48.5 Å². The topological polar surface area (TPSA) is 17.1 Å². The zero-order valence-corrected chi connectivity index (χ0v) is 11.2. The van der Waals surface area contributed by atoms with Gasteiger partial charge in [0.1, 0.15) is 5.82 Å². The monoisotopic (exact) mass is 276 g/mol. The fourth-order valence-corrected chi connectivity index (χ4v) is 2.12. The van der Waals surface area contributed by atoms with Gasteiger partial charge >= 0.3 is 0 Å². The van der Waals surface area contributed by atoms with Crippen LogP contribution in [0.3, 0.4) is 0 Å². The minimum absolute atomic E-state index is 0.0839. The van der Waals surface area contributed by atoms with Gasteiger partial charge in [0.05, 0.1) is 5.56 Å². The van der Waals surface area contributed by atoms with E-state index in [2.05, 4.69) is 0 Å². The first-order valence-corrected chi connectivity index (χ1v) is 6.57. The Hall–Kier alpha value is -1.67. The lowest BCUT2D eigenvalue weighted by Crippen LogP contribution is -2.03. The smallest absolute Gasteiger partial charge is 0.165 e. The van der Waals surface area contributed by atoms with Crippen molar-refractivity contribution < 1.29 is 9.18 Å². The molecule has 0 fully saturated rings. The summed E-state index contributed by atoms with van der Waals surface area (Å²) in [6.45, 7) is 0. The molecule has 19 heavy (non-hydrogen) atoms. The molecule has 0 spiro atoms. The molecule has 1 nitrogen and oxygen atoms in total. The van der Waals surface area contributed by atoms with Gasteiger partial charge in [0, 0.05) is 11.4 Å². The van der Waals surface area contributed by atoms with Crippen molar-refractivity contribution in [1.29, 1.82) is 0 Å². The molecule has 0 bridgehead atoms. The molecule has 0 aliphatic heterocycles. The molecule has 0 amide bonds. The summed E-state index contributed by atoms with van der Waals surface area (Å²) in [6, 6.07) is 14.0. The second-order valence-electron chi connectivity index (χ2n) is 4.39. The number of hydrogen-bond donors (Lipinski definition) is 0. The van der Waals surface area contributed by atoms with Gasteiger partial charge in [-0.05, 0) is 36.6 Å². The molecule has 98 valence electrons. The number of aryl methyl sites for hydroxylation is 1. The molecule has 0 aromatic heterocycles. The summed E-state index contributed by atoms with van der Waals surface area (Å²) in [6.07, 6.45) is 1.84. The van der Waals surface area contributed by atoms with Crippen molar-refractivity contribution in [2.75, 3.05) is 0 Å². The molecular formula is C16H14ClFO. The zero-order valence-electron chi connectivity index (χ0n) is 10.4. The maximum Gasteiger partial charge on any atom is 0.165 e. The maximum absolute atomic E-state index is 13.5. The van der Waals surface area contributed by atoms with E-state index in [4.69, 9.17) is 11.6 Å². The van der Waals surface area contributed by atoms with Gasteiger partial charge in [-0.1, -0.05) is 41.9 Å². The van der Waals surface area contributed by atoms with Crippen molar-refractivity contribution in [2.45, 2.75) is 19.3 Å². The number of hydrogen-bond acceptors (Lipinski definition) is 1. The highest BCUT2D eigenvalue weighted by molar-refractivity contribution is 6.31. The first-order valence-electron chi connectivity index (χ1n) is 6.19. The average molecular weight is 277 g/mol. The van der Waals surface area contributed by atoms with Crippen molar-refractivity contribution >= 4 is 17.4 Å². The van der Waals surface area contributed by atoms with Gasteiger partial charge in [-0.3, -0.25) is 4.79 Å². The first-order chi connectivity index (χ1) is 9.16. The summed E-state index contributed by atoms with van der Waals surface area (Å²) < 4.78 is 13.5. The van der Waals surface area contributed by atoms with E-state index < -0.39 is 5.82 Å². The molecule has 0 saturated carbocycles. The first kappa shape index (κ1) is 13.8. The van der Waals surface area contributed by atoms with Crippen molar-refractivity contribution in [1.82, 2.24) is 0 Å². The van der Waals surface area contributed by atoms with Crippen LogP contribution in [-0.2, 0) is 6.42 Å². The maximum atomic E-state index is 13.5. The standard InChI is InChI=1S/C16H14ClFO/c17-13-9-10-15(18)14(11-13)16(19)8-4-7-12-5-2-1-3-6-12/h1-3,5-6,9-11H,4,7-8H2. The Labute approximate surface area is 117 Å². The average Bonchev–Trinajstić information content (AvgIpc) is 2.42. The summed E-state index contributed by atoms with van der Waals surface area (Å²) in [4.78, 5) is 11.9. The van der Waals surface area contributed by atoms with Crippen LogP contribution in [0.2, 0.25) is 5.02 Å². The van der Waals surface area contributed by atoms with Crippen LogP contribution in [0.25, 0.3) is 0 Å². The fraction of sp³-hybridized carbons (Fsp3) is 0.188. The second-order valence-corrected chi connectivity index (χ2v) is 4.82. The normalized spacial score (nSPS) is 10.4. The van der Waals surface area contributed by atoms with E-state index in [1.54, 1.807) is 0 Å². The molecule has 0 aliphatic rings. The van der Waals surface area contributed by atoms with Crippen molar-refractivity contribution in [2.24, 2.45) is 0 Å². The summed E-state index contributed by atoms with van der Waals surface area (Å²) in [5, 5.41) is 0.382. The Bertz CT molecular complexity index is 566. The predicted octanol–water partition coefficient (Wildman–Crippen LogP) is 4.68. The molecule has 0 radical (unpaired) electrons. The van der Waals surface area contributed by atoms with E-state index in [1.165, 1.54) is 23.8 Å². The number of carbonyl (C=O) groups is 1. The van der Waals surface area contributed by atoms with Crippen LogP contribution in [0.4, 0.5) is 4.39 Å². The number of benzene rings is 2. The van der Waals surface area contributed by atoms with Crippen LogP contribution >= 0.6 is 11.6 Å². The number of rotatable bonds is 5. The van der Waals surface area contributed by atoms with E-state index >= 15 is 0 Å². The van der Waals surface area contributed by atoms with Gasteiger partial charge in [-0.2, -0.15) is 0 Å². The Kier molecular flexibility index (Phi) is 4.69. The summed E-state index contributed by atoms with van der Waals surface area (Å²) >= 11 is 5.77. The van der Waals surface area contributed by atoms with Crippen LogP contribution in [0, 0.1) is 5.82 Å². The van der Waals surface area contributed by atoms with Gasteiger partial charge in [0.15, 0.2) is 5.78 Å². The van der Waals surface area contributed by atoms with Gasteiger partial charge in [-0.15, -0.1) is 0 Å². The largest absolute Gasteiger partial charge is 0.294 e. The van der Waals surface area contributed by atoms with Gasteiger partial charge < -0.3 is 0 Å². The molecule has 0 saturated heterocycles. The minimum atomic E-state index is -0.505.